The molecule has 0 saturated carbocycles. The molecule has 3 unspecified atom stereocenters. The van der Waals surface area contributed by atoms with Crippen LogP contribution in [0.15, 0.2) is 42.7 Å². The van der Waals surface area contributed by atoms with Crippen molar-refractivity contribution in [2.45, 2.75) is 18.1 Å². The van der Waals surface area contributed by atoms with Crippen LogP contribution in [0.25, 0.3) is 0 Å². The quantitative estimate of drug-likeness (QED) is 0.582. The summed E-state index contributed by atoms with van der Waals surface area (Å²) in [5, 5.41) is 16.3. The lowest BCUT2D eigenvalue weighted by molar-refractivity contribution is -0.774. The molecule has 0 aliphatic carbocycles. The van der Waals surface area contributed by atoms with Gasteiger partial charge in [-0.15, -0.1) is 0 Å². The van der Waals surface area contributed by atoms with E-state index in [0.29, 0.717) is 0 Å². The first-order valence-electron chi connectivity index (χ1n) is 8.39. The number of nitrogens with one attached hydrogen (secondary N) is 1. The van der Waals surface area contributed by atoms with Crippen molar-refractivity contribution in [2.24, 2.45) is 5.73 Å². The third-order valence-corrected chi connectivity index (χ3v) is 5.17. The van der Waals surface area contributed by atoms with Gasteiger partial charge in [0.05, 0.1) is 24.1 Å². The normalized spacial score (nSPS) is 28.4. The van der Waals surface area contributed by atoms with Gasteiger partial charge in [-0.25, -0.2) is 14.0 Å². The number of hydrogen-bond acceptors (Lipinski definition) is 6. The highest BCUT2D eigenvalue weighted by atomic mass is 19.1. The molecule has 2 aliphatic heterocycles. The number of aromatic nitrogens is 1. The lowest BCUT2D eigenvalue weighted by atomic mass is 9.80. The lowest BCUT2D eigenvalue weighted by Crippen LogP contribution is -2.64. The fraction of sp³-hybridized carbons (Fsp3) is 0.222. The van der Waals surface area contributed by atoms with E-state index in [2.05, 4.69) is 10.3 Å². The van der Waals surface area contributed by atoms with Gasteiger partial charge >= 0.3 is 11.9 Å². The van der Waals surface area contributed by atoms with E-state index in [1.807, 2.05) is 0 Å². The van der Waals surface area contributed by atoms with E-state index < -0.39 is 40.0 Å². The van der Waals surface area contributed by atoms with E-state index in [4.69, 9.17) is 10.5 Å². The highest BCUT2D eigenvalue weighted by molar-refractivity contribution is 5.97. The first kappa shape index (κ1) is 18.0. The molecule has 144 valence electrons. The fourth-order valence-electron chi connectivity index (χ4n) is 3.80. The zero-order chi connectivity index (χ0) is 20.1. The van der Waals surface area contributed by atoms with Crippen LogP contribution in [0.5, 0.6) is 5.75 Å². The van der Waals surface area contributed by atoms with Crippen LogP contribution in [0.1, 0.15) is 22.3 Å². The maximum Gasteiger partial charge on any atom is 0.425 e. The third-order valence-electron chi connectivity index (χ3n) is 5.17. The largest absolute Gasteiger partial charge is 0.615 e. The summed E-state index contributed by atoms with van der Waals surface area (Å²) >= 11 is 0. The van der Waals surface area contributed by atoms with E-state index >= 15 is 0 Å². The molecule has 1 fully saturated rings. The van der Waals surface area contributed by atoms with E-state index in [1.165, 1.54) is 24.4 Å². The Labute approximate surface area is 158 Å². The molecular formula is C18H15FN4O5. The Morgan fingerprint density at radius 2 is 2.18 bits per heavy atom. The summed E-state index contributed by atoms with van der Waals surface area (Å²) in [6.07, 6.45) is 0.941. The number of fused-ring (bicyclic) bond motifs is 2. The SMILES string of the molecule is NC(=O)C1CC2(CNC(=O)[N+]2([O-])C(=O)c2cccnc2)c2cc(F)ccc2O1. The minimum absolute atomic E-state index is 0.0188. The first-order chi connectivity index (χ1) is 13.3. The molecule has 28 heavy (non-hydrogen) atoms. The van der Waals surface area contributed by atoms with Crippen LogP contribution in [-0.2, 0) is 10.3 Å². The maximum absolute atomic E-state index is 14.0. The predicted molar refractivity (Wildman–Crippen MR) is 91.9 cm³/mol. The van der Waals surface area contributed by atoms with E-state index in [0.717, 1.165) is 18.3 Å². The molecule has 9 nitrogen and oxygen atoms in total. The first-order valence-corrected chi connectivity index (χ1v) is 8.39. The monoisotopic (exact) mass is 386 g/mol. The van der Waals surface area contributed by atoms with Crippen LogP contribution in [0.2, 0.25) is 0 Å². The molecular weight excluding hydrogens is 371 g/mol. The predicted octanol–water partition coefficient (Wildman–Crippen LogP) is 0.931. The number of primary amides is 1. The number of carbonyl (C=O) groups is 3. The van der Waals surface area contributed by atoms with Crippen molar-refractivity contribution in [3.63, 3.8) is 0 Å². The van der Waals surface area contributed by atoms with Crippen molar-refractivity contribution in [1.82, 2.24) is 10.3 Å². The van der Waals surface area contributed by atoms with Crippen LogP contribution in [-0.4, -0.2) is 40.1 Å². The Morgan fingerprint density at radius 3 is 2.86 bits per heavy atom. The van der Waals surface area contributed by atoms with Gasteiger partial charge in [0, 0.05) is 12.4 Å². The van der Waals surface area contributed by atoms with Gasteiger partial charge in [0.2, 0.25) is 0 Å². The topological polar surface area (TPSA) is 134 Å². The van der Waals surface area contributed by atoms with Crippen LogP contribution >= 0.6 is 0 Å². The van der Waals surface area contributed by atoms with Gasteiger partial charge in [-0.05, 0) is 30.3 Å². The number of ether oxygens (including phenoxy) is 1. The average molecular weight is 386 g/mol. The molecule has 0 radical (unpaired) electrons. The summed E-state index contributed by atoms with van der Waals surface area (Å²) in [6.45, 7) is -0.287. The number of hydrogen-bond donors (Lipinski definition) is 2. The number of amides is 4. The second kappa shape index (κ2) is 6.08. The highest BCUT2D eigenvalue weighted by Gasteiger charge is 2.65. The van der Waals surface area contributed by atoms with Crippen LogP contribution in [0.3, 0.4) is 0 Å². The second-order valence-electron chi connectivity index (χ2n) is 6.70. The van der Waals surface area contributed by atoms with Crippen molar-refractivity contribution >= 4 is 17.8 Å². The highest BCUT2D eigenvalue weighted by Crippen LogP contribution is 2.50. The van der Waals surface area contributed by atoms with Gasteiger partial charge in [-0.2, -0.15) is 4.65 Å². The molecule has 2 aromatic rings. The third kappa shape index (κ3) is 2.31. The molecule has 1 aromatic heterocycles. The molecule has 3 heterocycles. The summed E-state index contributed by atoms with van der Waals surface area (Å²) in [7, 11) is 0. The Morgan fingerprint density at radius 1 is 1.39 bits per heavy atom. The van der Waals surface area contributed by atoms with Gasteiger partial charge in [-0.3, -0.25) is 15.1 Å². The molecule has 3 atom stereocenters. The summed E-state index contributed by atoms with van der Waals surface area (Å²) in [4.78, 5) is 41.4. The molecule has 2 aliphatic rings. The molecule has 1 saturated heterocycles. The van der Waals surface area contributed by atoms with Gasteiger partial charge in [0.15, 0.2) is 11.6 Å². The van der Waals surface area contributed by atoms with E-state index in [9.17, 15) is 24.0 Å². The Bertz CT molecular complexity index is 1000. The van der Waals surface area contributed by atoms with Crippen molar-refractivity contribution in [1.29, 1.82) is 0 Å². The molecule has 10 heteroatoms. The van der Waals surface area contributed by atoms with E-state index in [-0.39, 0.29) is 29.8 Å². The summed E-state index contributed by atoms with van der Waals surface area (Å²) in [5.41, 5.74) is 3.48. The number of carbonyl (C=O) groups excluding carboxylic acids is 3. The summed E-state index contributed by atoms with van der Waals surface area (Å²) in [6, 6.07) is 5.04. The number of pyridine rings is 1. The van der Waals surface area contributed by atoms with E-state index in [1.54, 1.807) is 0 Å². The summed E-state index contributed by atoms with van der Waals surface area (Å²) < 4.78 is 17.5. The Balaban J connectivity index is 1.95. The molecule has 3 N–H and O–H groups in total. The van der Waals surface area contributed by atoms with Crippen LogP contribution in [0, 0.1) is 11.0 Å². The average Bonchev–Trinajstić information content (AvgIpc) is 2.95. The number of halogens is 1. The maximum atomic E-state index is 14.0. The molecule has 1 spiro atoms. The van der Waals surface area contributed by atoms with Crippen molar-refractivity contribution in [3.8, 4) is 5.75 Å². The zero-order valence-corrected chi connectivity index (χ0v) is 14.4. The smallest absolute Gasteiger partial charge is 0.425 e. The number of nitrogens with two attached hydrogens (primary N) is 1. The Hall–Kier alpha value is -3.37. The number of quaternary nitrogens is 1. The molecule has 4 rings (SSSR count). The molecule has 0 bridgehead atoms. The number of urea groups is 1. The van der Waals surface area contributed by atoms with Gasteiger partial charge < -0.3 is 15.7 Å². The number of imide groups is 1. The fourth-order valence-corrected chi connectivity index (χ4v) is 3.80. The van der Waals surface area contributed by atoms with Crippen LogP contribution in [0.4, 0.5) is 9.18 Å². The van der Waals surface area contributed by atoms with Gasteiger partial charge in [0.25, 0.3) is 5.91 Å². The number of rotatable bonds is 2. The standard InChI is InChI=1S/C18H15FN4O5/c19-11-3-4-13-12(6-11)18(7-14(28-13)15(20)24)9-22-17(26)23(18,27)16(25)10-2-1-5-21-8-10/h1-6,8,14H,7,9H2,(H2,20,24)(H,22,26). The van der Waals surface area contributed by atoms with Gasteiger partial charge in [0.1, 0.15) is 11.6 Å². The molecule has 4 amide bonds. The van der Waals surface area contributed by atoms with Crippen molar-refractivity contribution < 1.29 is 28.2 Å². The Kier molecular flexibility index (Phi) is 3.91. The molecule has 1 aromatic carbocycles. The van der Waals surface area contributed by atoms with Crippen molar-refractivity contribution in [3.05, 3.63) is 64.9 Å². The van der Waals surface area contributed by atoms with Crippen LogP contribution < -0.4 is 15.8 Å². The second-order valence-corrected chi connectivity index (χ2v) is 6.70. The minimum atomic E-state index is -1.98. The number of nitrogens with zero attached hydrogens (tertiary/aromatic N) is 2. The number of hydroxylamine groups is 3. The summed E-state index contributed by atoms with van der Waals surface area (Å²) in [5.74, 6) is -2.61. The lowest BCUT2D eigenvalue weighted by Gasteiger charge is -2.49. The van der Waals surface area contributed by atoms with Gasteiger partial charge in [-0.1, -0.05) is 0 Å². The van der Waals surface area contributed by atoms with Crippen molar-refractivity contribution in [2.75, 3.05) is 6.54 Å². The zero-order valence-electron chi connectivity index (χ0n) is 14.4. The number of benzene rings is 1. The minimum Gasteiger partial charge on any atom is -0.615 e.